The number of halogens is 4. The van der Waals surface area contributed by atoms with Crippen LogP contribution in [-0.2, 0) is 11.8 Å². The molecule has 0 amide bonds. The zero-order chi connectivity index (χ0) is 14.6. The Morgan fingerprint density at radius 2 is 1.45 bits per heavy atom. The van der Waals surface area contributed by atoms with E-state index in [1.807, 2.05) is 12.1 Å². The minimum absolute atomic E-state index is 0.0391. The molecule has 2 aromatic carbocycles. The van der Waals surface area contributed by atoms with E-state index in [1.165, 1.54) is 14.7 Å². The number of hydrogen-bond acceptors (Lipinski definition) is 0. The molecule has 0 aliphatic heterocycles. The monoisotopic (exact) mass is 526 g/mol. The van der Waals surface area contributed by atoms with Gasteiger partial charge in [-0.15, -0.1) is 0 Å². The molecular formula is C16H14Br2ClI. The SMILES string of the molecule is Clc1ccc(C(CBr)(CBr)Cc2ccc(I)cc2)cc1. The molecule has 0 aliphatic carbocycles. The largest absolute Gasteiger partial charge is 0.0918 e. The van der Waals surface area contributed by atoms with Crippen LogP contribution in [0.5, 0.6) is 0 Å². The molecule has 0 nitrogen and oxygen atoms in total. The van der Waals surface area contributed by atoms with Crippen LogP contribution in [0, 0.1) is 3.57 Å². The van der Waals surface area contributed by atoms with Crippen molar-refractivity contribution in [3.8, 4) is 0 Å². The van der Waals surface area contributed by atoms with E-state index in [4.69, 9.17) is 11.6 Å². The van der Waals surface area contributed by atoms with Gasteiger partial charge in [-0.1, -0.05) is 67.7 Å². The molecule has 0 saturated carbocycles. The molecule has 2 rings (SSSR count). The summed E-state index contributed by atoms with van der Waals surface area (Å²) in [6, 6.07) is 16.9. The van der Waals surface area contributed by atoms with E-state index in [0.29, 0.717) is 0 Å². The Bertz CT molecular complexity index is 548. The van der Waals surface area contributed by atoms with Crippen LogP contribution in [0.3, 0.4) is 0 Å². The summed E-state index contributed by atoms with van der Waals surface area (Å²) in [7, 11) is 0. The van der Waals surface area contributed by atoms with E-state index in [0.717, 1.165) is 22.1 Å². The van der Waals surface area contributed by atoms with Crippen molar-refractivity contribution >= 4 is 66.1 Å². The predicted molar refractivity (Wildman–Crippen MR) is 104 cm³/mol. The lowest BCUT2D eigenvalue weighted by Gasteiger charge is -2.31. The van der Waals surface area contributed by atoms with Crippen LogP contribution in [0.2, 0.25) is 5.02 Å². The van der Waals surface area contributed by atoms with Gasteiger partial charge < -0.3 is 0 Å². The first-order valence-electron chi connectivity index (χ1n) is 6.22. The number of benzene rings is 2. The van der Waals surface area contributed by atoms with Gasteiger partial charge in [-0.2, -0.15) is 0 Å². The Hall–Kier alpha value is 0.420. The van der Waals surface area contributed by atoms with Crippen LogP contribution in [0.4, 0.5) is 0 Å². The van der Waals surface area contributed by atoms with Crippen LogP contribution in [0.25, 0.3) is 0 Å². The highest BCUT2D eigenvalue weighted by atomic mass is 127. The van der Waals surface area contributed by atoms with Gasteiger partial charge in [-0.3, -0.25) is 0 Å². The maximum absolute atomic E-state index is 6.00. The predicted octanol–water partition coefficient (Wildman–Crippen LogP) is 6.21. The fourth-order valence-corrected chi connectivity index (χ4v) is 4.64. The molecule has 4 heteroatoms. The summed E-state index contributed by atoms with van der Waals surface area (Å²) in [5, 5.41) is 2.58. The molecule has 0 saturated heterocycles. The molecule has 0 atom stereocenters. The average molecular weight is 528 g/mol. The first kappa shape index (κ1) is 16.8. The summed E-state index contributed by atoms with van der Waals surface area (Å²) in [6.07, 6.45) is 0.988. The zero-order valence-electron chi connectivity index (χ0n) is 10.8. The molecule has 0 bridgehead atoms. The summed E-state index contributed by atoms with van der Waals surface area (Å²) in [5.41, 5.74) is 2.69. The molecule has 0 radical (unpaired) electrons. The Labute approximate surface area is 155 Å². The molecule has 106 valence electrons. The van der Waals surface area contributed by atoms with Crippen LogP contribution in [0.15, 0.2) is 48.5 Å². The zero-order valence-corrected chi connectivity index (χ0v) is 16.8. The van der Waals surface area contributed by atoms with Gasteiger partial charge in [0.15, 0.2) is 0 Å². The van der Waals surface area contributed by atoms with E-state index in [2.05, 4.69) is 90.8 Å². The van der Waals surface area contributed by atoms with Crippen LogP contribution < -0.4 is 0 Å². The summed E-state index contributed by atoms with van der Waals surface area (Å²) in [5.74, 6) is 0. The van der Waals surface area contributed by atoms with E-state index < -0.39 is 0 Å². The number of hydrogen-bond donors (Lipinski definition) is 0. The van der Waals surface area contributed by atoms with Crippen LogP contribution >= 0.6 is 66.1 Å². The average Bonchev–Trinajstić information content (AvgIpc) is 2.48. The molecule has 0 unspecified atom stereocenters. The summed E-state index contributed by atoms with van der Waals surface area (Å²) in [4.78, 5) is 0. The first-order valence-corrected chi connectivity index (χ1v) is 9.92. The maximum Gasteiger partial charge on any atom is 0.0406 e. The van der Waals surface area contributed by atoms with E-state index in [9.17, 15) is 0 Å². The number of rotatable bonds is 5. The molecule has 0 spiro atoms. The van der Waals surface area contributed by atoms with Crippen LogP contribution in [-0.4, -0.2) is 10.7 Å². The Morgan fingerprint density at radius 1 is 0.900 bits per heavy atom. The molecule has 2 aromatic rings. The third-order valence-corrected chi connectivity index (χ3v) is 6.54. The second kappa shape index (κ2) is 7.61. The molecule has 0 aromatic heterocycles. The van der Waals surface area contributed by atoms with Crippen molar-refractivity contribution < 1.29 is 0 Å². The van der Waals surface area contributed by atoms with Crippen molar-refractivity contribution in [3.63, 3.8) is 0 Å². The van der Waals surface area contributed by atoms with Gasteiger partial charge >= 0.3 is 0 Å². The minimum Gasteiger partial charge on any atom is -0.0918 e. The molecule has 0 fully saturated rings. The third kappa shape index (κ3) is 3.99. The van der Waals surface area contributed by atoms with Gasteiger partial charge in [0.25, 0.3) is 0 Å². The van der Waals surface area contributed by atoms with Crippen molar-refractivity contribution in [2.75, 3.05) is 10.7 Å². The van der Waals surface area contributed by atoms with Gasteiger partial charge in [0.2, 0.25) is 0 Å². The molecular weight excluding hydrogens is 514 g/mol. The van der Waals surface area contributed by atoms with Crippen molar-refractivity contribution in [2.24, 2.45) is 0 Å². The van der Waals surface area contributed by atoms with Crippen molar-refractivity contribution in [1.29, 1.82) is 0 Å². The lowest BCUT2D eigenvalue weighted by molar-refractivity contribution is 0.551. The van der Waals surface area contributed by atoms with E-state index in [-0.39, 0.29) is 5.41 Å². The highest BCUT2D eigenvalue weighted by Crippen LogP contribution is 2.33. The van der Waals surface area contributed by atoms with Gasteiger partial charge in [0.05, 0.1) is 0 Å². The Balaban J connectivity index is 2.33. The van der Waals surface area contributed by atoms with Gasteiger partial charge in [-0.05, 0) is 64.4 Å². The Morgan fingerprint density at radius 3 is 1.95 bits per heavy atom. The maximum atomic E-state index is 6.00. The van der Waals surface area contributed by atoms with Crippen molar-refractivity contribution in [2.45, 2.75) is 11.8 Å². The van der Waals surface area contributed by atoms with E-state index in [1.54, 1.807) is 0 Å². The third-order valence-electron chi connectivity index (χ3n) is 3.42. The molecule has 0 heterocycles. The quantitative estimate of drug-likeness (QED) is 0.320. The lowest BCUT2D eigenvalue weighted by Crippen LogP contribution is -2.32. The highest BCUT2D eigenvalue weighted by molar-refractivity contribution is 14.1. The van der Waals surface area contributed by atoms with Crippen molar-refractivity contribution in [3.05, 3.63) is 68.3 Å². The fraction of sp³-hybridized carbons (Fsp3) is 0.250. The molecule has 0 N–H and O–H groups in total. The topological polar surface area (TPSA) is 0 Å². The second-order valence-electron chi connectivity index (χ2n) is 4.86. The van der Waals surface area contributed by atoms with Crippen LogP contribution in [0.1, 0.15) is 11.1 Å². The number of alkyl halides is 2. The fourth-order valence-electron chi connectivity index (χ4n) is 2.18. The van der Waals surface area contributed by atoms with Gasteiger partial charge in [0, 0.05) is 24.7 Å². The smallest absolute Gasteiger partial charge is 0.0406 e. The highest BCUT2D eigenvalue weighted by Gasteiger charge is 2.30. The minimum atomic E-state index is 0.0391. The molecule has 0 aliphatic rings. The normalized spacial score (nSPS) is 11.6. The second-order valence-corrected chi connectivity index (χ2v) is 7.66. The summed E-state index contributed by atoms with van der Waals surface area (Å²) >= 11 is 15.7. The van der Waals surface area contributed by atoms with Crippen molar-refractivity contribution in [1.82, 2.24) is 0 Å². The summed E-state index contributed by atoms with van der Waals surface area (Å²) < 4.78 is 1.26. The van der Waals surface area contributed by atoms with Gasteiger partial charge in [-0.25, -0.2) is 0 Å². The first-order chi connectivity index (χ1) is 9.59. The molecule has 20 heavy (non-hydrogen) atoms. The lowest BCUT2D eigenvalue weighted by atomic mass is 9.79. The van der Waals surface area contributed by atoms with E-state index >= 15 is 0 Å². The summed E-state index contributed by atoms with van der Waals surface area (Å²) in [6.45, 7) is 0. The van der Waals surface area contributed by atoms with Gasteiger partial charge in [0.1, 0.15) is 0 Å². The standard InChI is InChI=1S/C16H14Br2ClI/c17-10-16(11-18,13-3-5-14(19)6-4-13)9-12-1-7-15(20)8-2-12/h1-8H,9-11H2. The Kier molecular flexibility index (Phi) is 6.39.